The van der Waals surface area contributed by atoms with E-state index in [1.165, 1.54) is 0 Å². The monoisotopic (exact) mass is 358 g/mol. The number of hydrogen-bond donors (Lipinski definition) is 1. The van der Waals surface area contributed by atoms with Crippen LogP contribution in [-0.4, -0.2) is 51.7 Å². The Balaban J connectivity index is 1.61. The van der Waals surface area contributed by atoms with Crippen molar-refractivity contribution in [2.24, 2.45) is 0 Å². The Morgan fingerprint density at radius 1 is 1.23 bits per heavy atom. The zero-order chi connectivity index (χ0) is 18.5. The summed E-state index contributed by atoms with van der Waals surface area (Å²) in [6.45, 7) is 9.43. The van der Waals surface area contributed by atoms with Crippen LogP contribution in [0.1, 0.15) is 44.2 Å². The van der Waals surface area contributed by atoms with Gasteiger partial charge in [0.25, 0.3) is 0 Å². The van der Waals surface area contributed by atoms with E-state index >= 15 is 0 Å². The van der Waals surface area contributed by atoms with Gasteiger partial charge in [0.1, 0.15) is 24.0 Å². The van der Waals surface area contributed by atoms with Gasteiger partial charge in [-0.25, -0.2) is 15.0 Å². The van der Waals surface area contributed by atoms with Crippen LogP contribution in [-0.2, 0) is 16.1 Å². The summed E-state index contributed by atoms with van der Waals surface area (Å²) in [5, 5.41) is 2.96. The molecule has 0 unspecified atom stereocenters. The lowest BCUT2D eigenvalue weighted by molar-refractivity contribution is -0.124. The standard InChI is InChI=1S/C18H26N6O2/c1-13(2)17-19-4-5-24(17)14(3)18(25)20-11-15-10-16(22-12-21-15)23-6-8-26-9-7-23/h4-5,10,12-14H,6-9,11H2,1-3H3,(H,20,25)/t14-/m1/s1. The number of imidazole rings is 1. The van der Waals surface area contributed by atoms with E-state index in [9.17, 15) is 4.79 Å². The molecule has 8 heteroatoms. The number of nitrogens with one attached hydrogen (secondary N) is 1. The van der Waals surface area contributed by atoms with Crippen LogP contribution >= 0.6 is 0 Å². The summed E-state index contributed by atoms with van der Waals surface area (Å²) in [5.41, 5.74) is 0.789. The van der Waals surface area contributed by atoms with Gasteiger partial charge in [-0.3, -0.25) is 4.79 Å². The summed E-state index contributed by atoms with van der Waals surface area (Å²) in [6.07, 6.45) is 5.13. The summed E-state index contributed by atoms with van der Waals surface area (Å²) in [7, 11) is 0. The lowest BCUT2D eigenvalue weighted by atomic mass is 10.2. The van der Waals surface area contributed by atoms with E-state index in [0.29, 0.717) is 19.8 Å². The molecule has 1 N–H and O–H groups in total. The van der Waals surface area contributed by atoms with Crippen molar-refractivity contribution >= 4 is 11.7 Å². The van der Waals surface area contributed by atoms with Crippen LogP contribution in [0.4, 0.5) is 5.82 Å². The minimum absolute atomic E-state index is 0.0589. The molecule has 8 nitrogen and oxygen atoms in total. The molecular weight excluding hydrogens is 332 g/mol. The lowest BCUT2D eigenvalue weighted by Crippen LogP contribution is -2.37. The molecule has 1 saturated heterocycles. The van der Waals surface area contributed by atoms with E-state index in [1.54, 1.807) is 12.5 Å². The first-order chi connectivity index (χ1) is 12.6. The fraction of sp³-hybridized carbons (Fsp3) is 0.556. The van der Waals surface area contributed by atoms with Crippen LogP contribution in [0.15, 0.2) is 24.8 Å². The van der Waals surface area contributed by atoms with Gasteiger partial charge < -0.3 is 19.5 Å². The smallest absolute Gasteiger partial charge is 0.243 e. The normalized spacial score (nSPS) is 15.9. The Kier molecular flexibility index (Phi) is 5.82. The van der Waals surface area contributed by atoms with Crippen molar-refractivity contribution in [3.05, 3.63) is 36.3 Å². The predicted molar refractivity (Wildman–Crippen MR) is 97.9 cm³/mol. The maximum atomic E-state index is 12.5. The molecule has 2 aromatic heterocycles. The number of ether oxygens (including phenoxy) is 1. The number of anilines is 1. The largest absolute Gasteiger partial charge is 0.378 e. The molecule has 26 heavy (non-hydrogen) atoms. The SMILES string of the molecule is CC(C)c1nccn1[C@H](C)C(=O)NCc1cc(N2CCOCC2)ncn1. The van der Waals surface area contributed by atoms with E-state index in [4.69, 9.17) is 4.74 Å². The highest BCUT2D eigenvalue weighted by Crippen LogP contribution is 2.17. The first-order valence-electron chi connectivity index (χ1n) is 9.00. The van der Waals surface area contributed by atoms with Crippen molar-refractivity contribution < 1.29 is 9.53 Å². The summed E-state index contributed by atoms with van der Waals surface area (Å²) in [6, 6.07) is 1.60. The van der Waals surface area contributed by atoms with Gasteiger partial charge in [0.2, 0.25) is 5.91 Å². The van der Waals surface area contributed by atoms with E-state index in [2.05, 4.69) is 39.0 Å². The van der Waals surface area contributed by atoms with Crippen LogP contribution in [0.25, 0.3) is 0 Å². The predicted octanol–water partition coefficient (Wildman–Crippen LogP) is 1.51. The lowest BCUT2D eigenvalue weighted by Gasteiger charge is -2.27. The number of carbonyl (C=O) groups is 1. The fourth-order valence-electron chi connectivity index (χ4n) is 3.00. The molecule has 1 atom stereocenters. The molecule has 3 heterocycles. The number of carbonyl (C=O) groups excluding carboxylic acids is 1. The number of morpholine rings is 1. The van der Waals surface area contributed by atoms with Crippen LogP contribution in [0, 0.1) is 0 Å². The van der Waals surface area contributed by atoms with Crippen molar-refractivity contribution in [1.29, 1.82) is 0 Å². The maximum Gasteiger partial charge on any atom is 0.243 e. The van der Waals surface area contributed by atoms with Crippen molar-refractivity contribution in [2.75, 3.05) is 31.2 Å². The first-order valence-corrected chi connectivity index (χ1v) is 9.00. The third kappa shape index (κ3) is 4.19. The number of aromatic nitrogens is 4. The highest BCUT2D eigenvalue weighted by atomic mass is 16.5. The van der Waals surface area contributed by atoms with E-state index in [-0.39, 0.29) is 17.9 Å². The average molecular weight is 358 g/mol. The second-order valence-corrected chi connectivity index (χ2v) is 6.71. The van der Waals surface area contributed by atoms with E-state index < -0.39 is 0 Å². The van der Waals surface area contributed by atoms with Gasteiger partial charge in [-0.1, -0.05) is 13.8 Å². The van der Waals surface area contributed by atoms with Gasteiger partial charge in [-0.05, 0) is 6.92 Å². The van der Waals surface area contributed by atoms with Gasteiger partial charge in [-0.2, -0.15) is 0 Å². The first kappa shape index (κ1) is 18.3. The van der Waals surface area contributed by atoms with Crippen LogP contribution in [0.5, 0.6) is 0 Å². The molecule has 3 rings (SSSR count). The van der Waals surface area contributed by atoms with E-state index in [1.807, 2.05) is 23.8 Å². The van der Waals surface area contributed by atoms with Gasteiger partial charge in [0, 0.05) is 37.5 Å². The van der Waals surface area contributed by atoms with E-state index in [0.717, 1.165) is 30.4 Å². The minimum atomic E-state index is -0.324. The zero-order valence-corrected chi connectivity index (χ0v) is 15.6. The minimum Gasteiger partial charge on any atom is -0.378 e. The van der Waals surface area contributed by atoms with Gasteiger partial charge in [0.05, 0.1) is 25.5 Å². The summed E-state index contributed by atoms with van der Waals surface area (Å²) in [5.74, 6) is 1.98. The molecule has 1 aliphatic heterocycles. The highest BCUT2D eigenvalue weighted by Gasteiger charge is 2.19. The third-order valence-corrected chi connectivity index (χ3v) is 4.50. The topological polar surface area (TPSA) is 85.2 Å². The van der Waals surface area contributed by atoms with Crippen molar-refractivity contribution in [3.63, 3.8) is 0 Å². The number of hydrogen-bond acceptors (Lipinski definition) is 6. The van der Waals surface area contributed by atoms with Crippen LogP contribution in [0.3, 0.4) is 0 Å². The Morgan fingerprint density at radius 2 is 2.00 bits per heavy atom. The Labute approximate surface area is 153 Å². The molecule has 0 saturated carbocycles. The zero-order valence-electron chi connectivity index (χ0n) is 15.6. The molecule has 2 aromatic rings. The number of rotatable bonds is 6. The molecular formula is C18H26N6O2. The second-order valence-electron chi connectivity index (χ2n) is 6.71. The second kappa shape index (κ2) is 8.27. The summed E-state index contributed by atoms with van der Waals surface area (Å²) >= 11 is 0. The molecule has 0 spiro atoms. The molecule has 0 aliphatic carbocycles. The molecule has 140 valence electrons. The molecule has 1 fully saturated rings. The Hall–Kier alpha value is -2.48. The van der Waals surface area contributed by atoms with Crippen LogP contribution in [0.2, 0.25) is 0 Å². The van der Waals surface area contributed by atoms with Crippen molar-refractivity contribution in [3.8, 4) is 0 Å². The highest BCUT2D eigenvalue weighted by molar-refractivity contribution is 5.79. The summed E-state index contributed by atoms with van der Waals surface area (Å²) in [4.78, 5) is 27.7. The molecule has 1 aliphatic rings. The molecule has 1 amide bonds. The quantitative estimate of drug-likeness (QED) is 0.842. The summed E-state index contributed by atoms with van der Waals surface area (Å²) < 4.78 is 7.28. The number of amides is 1. The number of nitrogens with zero attached hydrogens (tertiary/aromatic N) is 5. The van der Waals surface area contributed by atoms with Crippen molar-refractivity contribution in [1.82, 2.24) is 24.8 Å². The van der Waals surface area contributed by atoms with Crippen LogP contribution < -0.4 is 10.2 Å². The van der Waals surface area contributed by atoms with Gasteiger partial charge in [-0.15, -0.1) is 0 Å². The molecule has 0 bridgehead atoms. The third-order valence-electron chi connectivity index (χ3n) is 4.50. The van der Waals surface area contributed by atoms with Gasteiger partial charge >= 0.3 is 0 Å². The Bertz CT molecular complexity index is 739. The van der Waals surface area contributed by atoms with Crippen molar-refractivity contribution in [2.45, 2.75) is 39.3 Å². The van der Waals surface area contributed by atoms with Gasteiger partial charge in [0.15, 0.2) is 0 Å². The molecule has 0 radical (unpaired) electrons. The average Bonchev–Trinajstić information content (AvgIpc) is 3.16. The molecule has 0 aromatic carbocycles. The fourth-order valence-corrected chi connectivity index (χ4v) is 3.00. The Morgan fingerprint density at radius 3 is 2.73 bits per heavy atom. The maximum absolute atomic E-state index is 12.5.